The van der Waals surface area contributed by atoms with Crippen LogP contribution < -0.4 is 5.73 Å². The molecule has 0 radical (unpaired) electrons. The van der Waals surface area contributed by atoms with Gasteiger partial charge in [0.2, 0.25) is 0 Å². The zero-order chi connectivity index (χ0) is 8.34. The van der Waals surface area contributed by atoms with Gasteiger partial charge in [-0.2, -0.15) is 0 Å². The van der Waals surface area contributed by atoms with Crippen molar-refractivity contribution < 1.29 is 14.3 Å². The quantitative estimate of drug-likeness (QED) is 0.493. The van der Waals surface area contributed by atoms with Gasteiger partial charge in [-0.15, -0.1) is 0 Å². The van der Waals surface area contributed by atoms with Crippen molar-refractivity contribution in [3.8, 4) is 0 Å². The first-order chi connectivity index (χ1) is 5.73. The summed E-state index contributed by atoms with van der Waals surface area (Å²) in [7, 11) is 0. The van der Waals surface area contributed by atoms with Crippen LogP contribution in [-0.2, 0) is 14.3 Å². The third-order valence-electron chi connectivity index (χ3n) is 3.33. The Balaban J connectivity index is 2.05. The fourth-order valence-corrected chi connectivity index (χ4v) is 2.72. The van der Waals surface area contributed by atoms with E-state index in [-0.39, 0.29) is 29.6 Å². The first-order valence-electron chi connectivity index (χ1n) is 4.33. The van der Waals surface area contributed by atoms with Gasteiger partial charge in [-0.1, -0.05) is 0 Å². The third kappa shape index (κ3) is 0.559. The summed E-state index contributed by atoms with van der Waals surface area (Å²) in [4.78, 5) is 11.3. The molecule has 3 aliphatic rings. The van der Waals surface area contributed by atoms with Crippen molar-refractivity contribution in [3.05, 3.63) is 0 Å². The van der Waals surface area contributed by atoms with Crippen LogP contribution in [0.3, 0.4) is 0 Å². The van der Waals surface area contributed by atoms with E-state index in [9.17, 15) is 4.79 Å². The second kappa shape index (κ2) is 1.83. The highest BCUT2D eigenvalue weighted by Crippen LogP contribution is 2.50. The summed E-state index contributed by atoms with van der Waals surface area (Å²) < 4.78 is 10.7. The van der Waals surface area contributed by atoms with Gasteiger partial charge in [-0.3, -0.25) is 4.79 Å². The fourth-order valence-electron chi connectivity index (χ4n) is 2.72. The van der Waals surface area contributed by atoms with Crippen molar-refractivity contribution in [1.29, 1.82) is 0 Å². The number of hydrogen-bond donors (Lipinski definition) is 1. The van der Waals surface area contributed by atoms with Gasteiger partial charge in [0.1, 0.15) is 18.1 Å². The molecule has 3 fully saturated rings. The van der Waals surface area contributed by atoms with Crippen molar-refractivity contribution >= 4 is 5.97 Å². The molecule has 0 aromatic rings. The summed E-state index contributed by atoms with van der Waals surface area (Å²) in [6.45, 7) is 0.417. The van der Waals surface area contributed by atoms with Gasteiger partial charge in [0, 0.05) is 6.04 Å². The van der Waals surface area contributed by atoms with Gasteiger partial charge in [0.05, 0.1) is 6.10 Å². The Morgan fingerprint density at radius 2 is 2.42 bits per heavy atom. The third-order valence-corrected chi connectivity index (χ3v) is 3.33. The zero-order valence-electron chi connectivity index (χ0n) is 6.66. The predicted octanol–water partition coefficient (Wildman–Crippen LogP) is -0.582. The number of cyclic esters (lactones) is 1. The number of hydrogen-bond acceptors (Lipinski definition) is 4. The Morgan fingerprint density at radius 3 is 3.17 bits per heavy atom. The highest BCUT2D eigenvalue weighted by Gasteiger charge is 2.65. The minimum absolute atomic E-state index is 0.0999. The summed E-state index contributed by atoms with van der Waals surface area (Å²) in [6.07, 6.45) is 2.01. The molecule has 4 atom stereocenters. The molecule has 0 aromatic carbocycles. The van der Waals surface area contributed by atoms with E-state index in [2.05, 4.69) is 0 Å². The van der Waals surface area contributed by atoms with Crippen molar-refractivity contribution in [2.24, 2.45) is 11.7 Å². The number of ether oxygens (including phenoxy) is 2. The molecule has 12 heavy (non-hydrogen) atoms. The molecular formula is C8H11NO3. The molecule has 0 amide bonds. The predicted molar refractivity (Wildman–Crippen MR) is 39.3 cm³/mol. The molecule has 3 aliphatic heterocycles. The summed E-state index contributed by atoms with van der Waals surface area (Å²) in [5, 5.41) is 0. The highest BCUT2D eigenvalue weighted by molar-refractivity contribution is 5.78. The van der Waals surface area contributed by atoms with E-state index in [0.717, 1.165) is 12.8 Å². The minimum atomic E-state index is -0.332. The van der Waals surface area contributed by atoms with Crippen LogP contribution in [0.5, 0.6) is 0 Å². The topological polar surface area (TPSA) is 61.5 Å². The average Bonchev–Trinajstić information content (AvgIpc) is 2.65. The average molecular weight is 169 g/mol. The van der Waals surface area contributed by atoms with Crippen LogP contribution in [0.4, 0.5) is 0 Å². The van der Waals surface area contributed by atoms with Crippen LogP contribution in [0, 0.1) is 5.92 Å². The Hall–Kier alpha value is -0.610. The zero-order valence-corrected chi connectivity index (χ0v) is 6.66. The lowest BCUT2D eigenvalue weighted by Gasteiger charge is -2.23. The van der Waals surface area contributed by atoms with E-state index >= 15 is 0 Å². The van der Waals surface area contributed by atoms with Crippen molar-refractivity contribution in [2.75, 3.05) is 6.61 Å². The molecule has 0 saturated carbocycles. The van der Waals surface area contributed by atoms with Crippen LogP contribution in [0.1, 0.15) is 12.8 Å². The monoisotopic (exact) mass is 169 g/mol. The number of carbonyl (C=O) groups excluding carboxylic acids is 1. The standard InChI is InChI=1S/C8H11NO3/c9-6-4-1-2-8(12-4)3-11-7(10)5(6)8/h4-6H,1-3,9H2/t4-,5-,6-,8+/m1/s1. The molecule has 4 nitrogen and oxygen atoms in total. The smallest absolute Gasteiger partial charge is 0.313 e. The molecule has 66 valence electrons. The molecule has 3 heterocycles. The lowest BCUT2D eigenvalue weighted by molar-refractivity contribution is -0.142. The number of esters is 1. The van der Waals surface area contributed by atoms with Crippen molar-refractivity contribution in [2.45, 2.75) is 30.6 Å². The van der Waals surface area contributed by atoms with E-state index in [1.54, 1.807) is 0 Å². The second-order valence-corrected chi connectivity index (χ2v) is 3.92. The maximum absolute atomic E-state index is 11.3. The van der Waals surface area contributed by atoms with Crippen LogP contribution in [0.2, 0.25) is 0 Å². The Morgan fingerprint density at radius 1 is 1.58 bits per heavy atom. The Labute approximate surface area is 70.0 Å². The first kappa shape index (κ1) is 6.86. The number of nitrogens with two attached hydrogens (primary N) is 1. The molecule has 0 unspecified atom stereocenters. The fraction of sp³-hybridized carbons (Fsp3) is 0.875. The van der Waals surface area contributed by atoms with Crippen LogP contribution >= 0.6 is 0 Å². The lowest BCUT2D eigenvalue weighted by Crippen LogP contribution is -2.45. The van der Waals surface area contributed by atoms with Crippen LogP contribution in [0.25, 0.3) is 0 Å². The summed E-state index contributed by atoms with van der Waals surface area (Å²) in [6, 6.07) is -0.131. The largest absolute Gasteiger partial charge is 0.462 e. The van der Waals surface area contributed by atoms with Gasteiger partial charge in [-0.25, -0.2) is 0 Å². The highest BCUT2D eigenvalue weighted by atomic mass is 16.6. The maximum Gasteiger partial charge on any atom is 0.313 e. The van der Waals surface area contributed by atoms with E-state index in [4.69, 9.17) is 15.2 Å². The van der Waals surface area contributed by atoms with Gasteiger partial charge in [-0.05, 0) is 12.8 Å². The molecule has 2 bridgehead atoms. The van der Waals surface area contributed by atoms with Gasteiger partial charge in [0.15, 0.2) is 0 Å². The van der Waals surface area contributed by atoms with Crippen LogP contribution in [0.15, 0.2) is 0 Å². The normalized spacial score (nSPS) is 55.8. The van der Waals surface area contributed by atoms with Crippen LogP contribution in [-0.4, -0.2) is 30.3 Å². The minimum Gasteiger partial charge on any atom is -0.462 e. The number of rotatable bonds is 0. The van der Waals surface area contributed by atoms with Crippen molar-refractivity contribution in [1.82, 2.24) is 0 Å². The number of fused-ring (bicyclic) bond motifs is 1. The molecule has 0 aliphatic carbocycles. The van der Waals surface area contributed by atoms with Crippen molar-refractivity contribution in [3.63, 3.8) is 0 Å². The molecule has 3 saturated heterocycles. The summed E-state index contributed by atoms with van der Waals surface area (Å²) in [5.74, 6) is -0.346. The molecule has 1 spiro atoms. The van der Waals surface area contributed by atoms with E-state index in [1.807, 2.05) is 0 Å². The molecule has 3 rings (SSSR count). The lowest BCUT2D eigenvalue weighted by atomic mass is 9.78. The van der Waals surface area contributed by atoms with Gasteiger partial charge in [0.25, 0.3) is 0 Å². The molecule has 2 N–H and O–H groups in total. The maximum atomic E-state index is 11.3. The van der Waals surface area contributed by atoms with E-state index < -0.39 is 0 Å². The molecule has 4 heteroatoms. The molecular weight excluding hydrogens is 158 g/mol. The summed E-state index contributed by atoms with van der Waals surface area (Å²) >= 11 is 0. The second-order valence-electron chi connectivity index (χ2n) is 3.92. The van der Waals surface area contributed by atoms with E-state index in [0.29, 0.717) is 6.61 Å². The summed E-state index contributed by atoms with van der Waals surface area (Å²) in [5.41, 5.74) is 5.53. The van der Waals surface area contributed by atoms with Gasteiger partial charge < -0.3 is 15.2 Å². The number of carbonyl (C=O) groups is 1. The Kier molecular flexibility index (Phi) is 1.04. The van der Waals surface area contributed by atoms with Gasteiger partial charge >= 0.3 is 5.97 Å². The first-order valence-corrected chi connectivity index (χ1v) is 4.33. The molecule has 0 aromatic heterocycles. The Bertz CT molecular complexity index is 255. The SMILES string of the molecule is N[C@@H]1[C@H]2CC[C@@]3(COC(=O)[C@@H]13)O2. The van der Waals surface area contributed by atoms with E-state index in [1.165, 1.54) is 0 Å².